The Kier molecular flexibility index (Phi) is 5.78. The Morgan fingerprint density at radius 2 is 2.17 bits per heavy atom. The summed E-state index contributed by atoms with van der Waals surface area (Å²) in [6.07, 6.45) is 0.624. The van der Waals surface area contributed by atoms with Crippen LogP contribution in [0.15, 0.2) is 24.3 Å². The lowest BCUT2D eigenvalue weighted by atomic mass is 9.95. The third kappa shape index (κ3) is 4.45. The molecule has 0 aliphatic carbocycles. The summed E-state index contributed by atoms with van der Waals surface area (Å²) in [6.45, 7) is 4.81. The predicted octanol–water partition coefficient (Wildman–Crippen LogP) is 1.72. The van der Waals surface area contributed by atoms with E-state index in [0.717, 1.165) is 5.56 Å². The van der Waals surface area contributed by atoms with Crippen LogP contribution in [0.25, 0.3) is 0 Å². The van der Waals surface area contributed by atoms with Gasteiger partial charge in [0.05, 0.1) is 5.92 Å². The van der Waals surface area contributed by atoms with E-state index in [-0.39, 0.29) is 23.6 Å². The molecule has 1 rings (SSSR count). The van der Waals surface area contributed by atoms with E-state index in [2.05, 4.69) is 5.32 Å². The molecule has 0 aliphatic heterocycles. The number of hydrogen-bond acceptors (Lipinski definition) is 2. The molecule has 100 valence electrons. The van der Waals surface area contributed by atoms with Crippen LogP contribution in [0.2, 0.25) is 0 Å². The first-order valence-corrected chi connectivity index (χ1v) is 6.26. The third-order valence-electron chi connectivity index (χ3n) is 3.00. The van der Waals surface area contributed by atoms with Crippen molar-refractivity contribution in [3.05, 3.63) is 35.6 Å². The molecular weight excluding hydrogens is 231 g/mol. The molecule has 0 radical (unpaired) electrons. The van der Waals surface area contributed by atoms with Gasteiger partial charge in [-0.1, -0.05) is 26.0 Å². The highest BCUT2D eigenvalue weighted by molar-refractivity contribution is 5.79. The van der Waals surface area contributed by atoms with Crippen molar-refractivity contribution in [1.82, 2.24) is 5.32 Å². The molecular formula is C14H21FN2O. The van der Waals surface area contributed by atoms with Crippen LogP contribution in [-0.4, -0.2) is 19.0 Å². The highest BCUT2D eigenvalue weighted by Crippen LogP contribution is 2.09. The number of rotatable bonds is 6. The highest BCUT2D eigenvalue weighted by Gasteiger charge is 2.19. The van der Waals surface area contributed by atoms with Gasteiger partial charge in [-0.2, -0.15) is 0 Å². The summed E-state index contributed by atoms with van der Waals surface area (Å²) >= 11 is 0. The quantitative estimate of drug-likeness (QED) is 0.810. The van der Waals surface area contributed by atoms with E-state index in [0.29, 0.717) is 19.5 Å². The average molecular weight is 252 g/mol. The molecule has 1 unspecified atom stereocenters. The van der Waals surface area contributed by atoms with Crippen LogP contribution >= 0.6 is 0 Å². The number of hydrogen-bond donors (Lipinski definition) is 2. The maximum Gasteiger partial charge on any atom is 0.224 e. The molecule has 0 spiro atoms. The van der Waals surface area contributed by atoms with E-state index in [4.69, 9.17) is 5.73 Å². The first-order chi connectivity index (χ1) is 8.54. The first kappa shape index (κ1) is 14.6. The Bertz CT molecular complexity index is 393. The molecule has 18 heavy (non-hydrogen) atoms. The number of amides is 1. The van der Waals surface area contributed by atoms with Crippen molar-refractivity contribution in [2.75, 3.05) is 13.1 Å². The monoisotopic (exact) mass is 252 g/mol. The van der Waals surface area contributed by atoms with Crippen LogP contribution in [0.4, 0.5) is 4.39 Å². The van der Waals surface area contributed by atoms with Crippen LogP contribution in [-0.2, 0) is 11.2 Å². The Labute approximate surface area is 108 Å². The maximum absolute atomic E-state index is 12.9. The first-order valence-electron chi connectivity index (χ1n) is 6.26. The van der Waals surface area contributed by atoms with E-state index in [1.807, 2.05) is 19.9 Å². The second kappa shape index (κ2) is 7.11. The van der Waals surface area contributed by atoms with Gasteiger partial charge in [-0.3, -0.25) is 4.79 Å². The van der Waals surface area contributed by atoms with Gasteiger partial charge in [-0.05, 0) is 30.0 Å². The van der Waals surface area contributed by atoms with Gasteiger partial charge in [0.2, 0.25) is 5.91 Å². The van der Waals surface area contributed by atoms with Crippen LogP contribution in [0.1, 0.15) is 19.4 Å². The van der Waals surface area contributed by atoms with Gasteiger partial charge in [0, 0.05) is 13.1 Å². The summed E-state index contributed by atoms with van der Waals surface area (Å²) in [7, 11) is 0. The molecule has 0 saturated heterocycles. The van der Waals surface area contributed by atoms with E-state index < -0.39 is 0 Å². The second-order valence-corrected chi connectivity index (χ2v) is 4.76. The van der Waals surface area contributed by atoms with Gasteiger partial charge in [-0.15, -0.1) is 0 Å². The molecule has 1 amide bonds. The number of benzene rings is 1. The molecule has 1 atom stereocenters. The molecule has 4 heteroatoms. The van der Waals surface area contributed by atoms with Gasteiger partial charge in [-0.25, -0.2) is 4.39 Å². The fourth-order valence-corrected chi connectivity index (χ4v) is 1.84. The SMILES string of the molecule is CC(C)C(CN)C(=O)NCCc1cccc(F)c1. The number of nitrogens with two attached hydrogens (primary N) is 1. The second-order valence-electron chi connectivity index (χ2n) is 4.76. The third-order valence-corrected chi connectivity index (χ3v) is 3.00. The van der Waals surface area contributed by atoms with Crippen molar-refractivity contribution in [3.63, 3.8) is 0 Å². The number of carbonyl (C=O) groups excluding carboxylic acids is 1. The molecule has 3 N–H and O–H groups in total. The highest BCUT2D eigenvalue weighted by atomic mass is 19.1. The molecule has 0 bridgehead atoms. The molecule has 0 aliphatic rings. The van der Waals surface area contributed by atoms with Gasteiger partial charge >= 0.3 is 0 Å². The standard InChI is InChI=1S/C14H21FN2O/c1-10(2)13(9-16)14(18)17-7-6-11-4-3-5-12(15)8-11/h3-5,8,10,13H,6-7,9,16H2,1-2H3,(H,17,18). The normalized spacial score (nSPS) is 12.5. The molecule has 1 aromatic carbocycles. The molecule has 3 nitrogen and oxygen atoms in total. The van der Waals surface area contributed by atoms with Crippen LogP contribution in [0, 0.1) is 17.7 Å². The lowest BCUT2D eigenvalue weighted by Crippen LogP contribution is -2.38. The maximum atomic E-state index is 12.9. The van der Waals surface area contributed by atoms with E-state index in [1.54, 1.807) is 6.07 Å². The van der Waals surface area contributed by atoms with Gasteiger partial charge in [0.15, 0.2) is 0 Å². The van der Waals surface area contributed by atoms with Crippen LogP contribution in [0.3, 0.4) is 0 Å². The predicted molar refractivity (Wildman–Crippen MR) is 70.5 cm³/mol. The Hall–Kier alpha value is -1.42. The van der Waals surface area contributed by atoms with Gasteiger partial charge < -0.3 is 11.1 Å². The molecule has 0 fully saturated rings. The smallest absolute Gasteiger partial charge is 0.224 e. The molecule has 0 aromatic heterocycles. The lowest BCUT2D eigenvalue weighted by molar-refractivity contribution is -0.125. The van der Waals surface area contributed by atoms with Crippen molar-refractivity contribution in [1.29, 1.82) is 0 Å². The summed E-state index contributed by atoms with van der Waals surface area (Å²) < 4.78 is 12.9. The van der Waals surface area contributed by atoms with Crippen LogP contribution in [0.5, 0.6) is 0 Å². The summed E-state index contributed by atoms with van der Waals surface area (Å²) in [5.41, 5.74) is 6.45. The Balaban J connectivity index is 2.40. The fraction of sp³-hybridized carbons (Fsp3) is 0.500. The summed E-state index contributed by atoms with van der Waals surface area (Å²) in [5.74, 6) is -0.202. The topological polar surface area (TPSA) is 55.1 Å². The van der Waals surface area contributed by atoms with E-state index >= 15 is 0 Å². The van der Waals surface area contributed by atoms with Crippen molar-refractivity contribution < 1.29 is 9.18 Å². The van der Waals surface area contributed by atoms with E-state index in [1.165, 1.54) is 12.1 Å². The number of nitrogens with one attached hydrogen (secondary N) is 1. The van der Waals surface area contributed by atoms with Gasteiger partial charge in [0.25, 0.3) is 0 Å². The summed E-state index contributed by atoms with van der Waals surface area (Å²) in [6, 6.07) is 6.40. The summed E-state index contributed by atoms with van der Waals surface area (Å²) in [5, 5.41) is 2.84. The minimum absolute atomic E-state index is 0.0242. The zero-order valence-corrected chi connectivity index (χ0v) is 10.9. The van der Waals surface area contributed by atoms with Crippen molar-refractivity contribution in [3.8, 4) is 0 Å². The summed E-state index contributed by atoms with van der Waals surface area (Å²) in [4.78, 5) is 11.8. The van der Waals surface area contributed by atoms with Crippen molar-refractivity contribution in [2.45, 2.75) is 20.3 Å². The van der Waals surface area contributed by atoms with Crippen LogP contribution < -0.4 is 11.1 Å². The average Bonchev–Trinajstić information content (AvgIpc) is 2.29. The molecule has 0 saturated carbocycles. The Morgan fingerprint density at radius 1 is 1.44 bits per heavy atom. The Morgan fingerprint density at radius 3 is 2.72 bits per heavy atom. The van der Waals surface area contributed by atoms with Gasteiger partial charge in [0.1, 0.15) is 5.82 Å². The minimum atomic E-state index is -0.249. The largest absolute Gasteiger partial charge is 0.355 e. The number of halogens is 1. The van der Waals surface area contributed by atoms with Crippen molar-refractivity contribution >= 4 is 5.91 Å². The zero-order valence-electron chi connectivity index (χ0n) is 10.9. The molecule has 0 heterocycles. The van der Waals surface area contributed by atoms with Crippen molar-refractivity contribution in [2.24, 2.45) is 17.6 Å². The lowest BCUT2D eigenvalue weighted by Gasteiger charge is -2.18. The fourth-order valence-electron chi connectivity index (χ4n) is 1.84. The van der Waals surface area contributed by atoms with E-state index in [9.17, 15) is 9.18 Å². The zero-order chi connectivity index (χ0) is 13.5. The molecule has 1 aromatic rings. The minimum Gasteiger partial charge on any atom is -0.355 e. The number of carbonyl (C=O) groups is 1.